The first-order valence-electron chi connectivity index (χ1n) is 20.1. The van der Waals surface area contributed by atoms with E-state index in [1.54, 1.807) is 0 Å². The molecule has 0 aromatic heterocycles. The van der Waals surface area contributed by atoms with E-state index in [1.807, 2.05) is 0 Å². The summed E-state index contributed by atoms with van der Waals surface area (Å²) in [5, 5.41) is 96.5. The Bertz CT molecular complexity index is 1300. The molecule has 0 amide bonds. The normalized spacial score (nSPS) is 59.5. The monoisotopic (exact) mass is 758 g/mol. The highest BCUT2D eigenvalue weighted by Crippen LogP contribution is 2.71. The van der Waals surface area contributed by atoms with Crippen LogP contribution in [0.5, 0.6) is 0 Å². The minimum absolute atomic E-state index is 0.0639. The smallest absolute Gasteiger partial charge is 0.187 e. The summed E-state index contributed by atoms with van der Waals surface area (Å²) in [6.07, 6.45) is -10.1. The Hall–Kier alpha value is -0.600. The topological polar surface area (TPSA) is 237 Å². The van der Waals surface area contributed by atoms with Crippen LogP contribution in [0.1, 0.15) is 78.6 Å². The van der Waals surface area contributed by atoms with Crippen LogP contribution >= 0.6 is 0 Å². The van der Waals surface area contributed by atoms with Crippen molar-refractivity contribution in [3.63, 3.8) is 0 Å². The molecule has 4 aliphatic heterocycles. The first kappa shape index (κ1) is 39.2. The van der Waals surface area contributed by atoms with Crippen LogP contribution < -0.4 is 0 Å². The molecule has 4 saturated heterocycles. The number of aliphatic hydroxyl groups is 9. The maximum absolute atomic E-state index is 12.1. The van der Waals surface area contributed by atoms with E-state index in [9.17, 15) is 46.0 Å². The molecule has 4 heterocycles. The molecule has 4 saturated carbocycles. The predicted octanol–water partition coefficient (Wildman–Crippen LogP) is -0.862. The van der Waals surface area contributed by atoms with Crippen LogP contribution in [0.3, 0.4) is 0 Å². The molecule has 0 aromatic rings. The number of fused-ring (bicyclic) bond motifs is 7. The van der Waals surface area contributed by atoms with Crippen molar-refractivity contribution in [2.24, 2.45) is 46.3 Å². The van der Waals surface area contributed by atoms with Crippen LogP contribution in [-0.2, 0) is 28.4 Å². The Morgan fingerprint density at radius 1 is 0.736 bits per heavy atom. The van der Waals surface area contributed by atoms with Crippen LogP contribution in [0.2, 0.25) is 0 Å². The van der Waals surface area contributed by atoms with Gasteiger partial charge in [0.15, 0.2) is 18.4 Å². The fraction of sp³-hybridized carbons (Fsp3) is 1.00. The molecule has 15 heteroatoms. The maximum atomic E-state index is 12.1. The van der Waals surface area contributed by atoms with E-state index in [4.69, 9.17) is 28.4 Å². The second-order valence-corrected chi connectivity index (χ2v) is 18.3. The molecule has 9 N–H and O–H groups in total. The summed E-state index contributed by atoms with van der Waals surface area (Å²) in [4.78, 5) is 0. The first-order valence-corrected chi connectivity index (χ1v) is 20.1. The van der Waals surface area contributed by atoms with Crippen molar-refractivity contribution in [3.05, 3.63) is 0 Å². The summed E-state index contributed by atoms with van der Waals surface area (Å²) < 4.78 is 36.4. The van der Waals surface area contributed by atoms with E-state index in [1.165, 1.54) is 0 Å². The number of hydrogen-bond acceptors (Lipinski definition) is 15. The molecular weight excluding hydrogens is 696 g/mol. The lowest BCUT2D eigenvalue weighted by molar-refractivity contribution is -0.366. The van der Waals surface area contributed by atoms with Gasteiger partial charge in [-0.05, 0) is 80.5 Å². The molecule has 4 aliphatic carbocycles. The Kier molecular flexibility index (Phi) is 10.6. The molecule has 8 fully saturated rings. The van der Waals surface area contributed by atoms with Gasteiger partial charge in [-0.2, -0.15) is 0 Å². The molecule has 8 rings (SSSR count). The van der Waals surface area contributed by atoms with E-state index < -0.39 is 98.7 Å². The lowest BCUT2D eigenvalue weighted by Crippen LogP contribution is -2.65. The predicted molar refractivity (Wildman–Crippen MR) is 181 cm³/mol. The fourth-order valence-electron chi connectivity index (χ4n) is 13.1. The Morgan fingerprint density at radius 2 is 1.43 bits per heavy atom. The van der Waals surface area contributed by atoms with Crippen LogP contribution in [0, 0.1) is 46.3 Å². The van der Waals surface area contributed by atoms with Gasteiger partial charge in [-0.25, -0.2) is 0 Å². The van der Waals surface area contributed by atoms with Gasteiger partial charge in [0.25, 0.3) is 0 Å². The molecule has 53 heavy (non-hydrogen) atoms. The highest BCUT2D eigenvalue weighted by molar-refractivity contribution is 5.18. The zero-order valence-corrected chi connectivity index (χ0v) is 31.0. The number of rotatable bonds is 6. The summed E-state index contributed by atoms with van der Waals surface area (Å²) >= 11 is 0. The van der Waals surface area contributed by atoms with Gasteiger partial charge < -0.3 is 74.4 Å². The highest BCUT2D eigenvalue weighted by atomic mass is 16.7. The standard InChI is InChI=1S/C38H62O15/c1-16-27-23(53-38(16)8-4-5-9-48-38)11-20-18-7-6-17-10-22(21(41)13-36(17,2)19(18)12-26(42)37(20,27)3)49-34-32(47)30(45)33(25(15-40)51-34)52-35-31(46)29(44)28(43)24(14-39)50-35/h16-35,39-47H,4-15H2,1-3H3/t16?,17?,18?,19?,20?,21-,22-,23?,24-,25-,26+,27?,28-,29+,30-,31-,32-,33+,34-,35+,36+,37-,38-/m1/s1. The molecule has 0 radical (unpaired) electrons. The summed E-state index contributed by atoms with van der Waals surface area (Å²) in [7, 11) is 0. The molecule has 23 atom stereocenters. The van der Waals surface area contributed by atoms with Gasteiger partial charge >= 0.3 is 0 Å². The van der Waals surface area contributed by atoms with Gasteiger partial charge in [-0.15, -0.1) is 0 Å². The third-order valence-corrected chi connectivity index (χ3v) is 16.0. The third kappa shape index (κ3) is 6.02. The molecule has 304 valence electrons. The van der Waals surface area contributed by atoms with Crippen LogP contribution in [0.15, 0.2) is 0 Å². The van der Waals surface area contributed by atoms with Crippen molar-refractivity contribution >= 4 is 0 Å². The second kappa shape index (κ2) is 14.3. The summed E-state index contributed by atoms with van der Waals surface area (Å²) in [5.74, 6) is 0.963. The van der Waals surface area contributed by atoms with E-state index in [2.05, 4.69) is 20.8 Å². The van der Waals surface area contributed by atoms with Crippen LogP contribution in [-0.4, -0.2) is 157 Å². The highest BCUT2D eigenvalue weighted by Gasteiger charge is 2.71. The minimum Gasteiger partial charge on any atom is -0.394 e. The SMILES string of the molecule is CC1C2C(CC3C4CCC5C[C@@H](O[C@@H]6O[C@H](CO)[C@H](O[C@@H]7O[C@H](CO)[C@@H](O)[C@H](O)[C@H]7O)[C@H](O)[C@H]6O)[C@H](O)C[C@]5(C)C4C[C@H](O)[C@@]32C)O[C@]12CCCCO2. The second-order valence-electron chi connectivity index (χ2n) is 18.3. The quantitative estimate of drug-likeness (QED) is 0.150. The first-order chi connectivity index (χ1) is 25.2. The van der Waals surface area contributed by atoms with E-state index >= 15 is 0 Å². The van der Waals surface area contributed by atoms with Gasteiger partial charge in [0.05, 0.1) is 44.2 Å². The van der Waals surface area contributed by atoms with Gasteiger partial charge in [0, 0.05) is 23.7 Å². The lowest BCUT2D eigenvalue weighted by atomic mass is 9.43. The number of hydrogen-bond donors (Lipinski definition) is 9. The van der Waals surface area contributed by atoms with E-state index in [0.717, 1.165) is 45.1 Å². The zero-order valence-electron chi connectivity index (χ0n) is 31.0. The van der Waals surface area contributed by atoms with Crippen molar-refractivity contribution in [1.29, 1.82) is 0 Å². The van der Waals surface area contributed by atoms with Crippen molar-refractivity contribution in [3.8, 4) is 0 Å². The molecule has 7 unspecified atom stereocenters. The van der Waals surface area contributed by atoms with Crippen molar-refractivity contribution < 1.29 is 74.4 Å². The molecule has 0 bridgehead atoms. The van der Waals surface area contributed by atoms with E-state index in [-0.39, 0.29) is 40.6 Å². The Balaban J connectivity index is 0.930. The fourth-order valence-corrected chi connectivity index (χ4v) is 13.1. The van der Waals surface area contributed by atoms with Gasteiger partial charge in [-0.1, -0.05) is 20.8 Å². The Morgan fingerprint density at radius 3 is 2.13 bits per heavy atom. The molecule has 8 aliphatic rings. The number of ether oxygens (including phenoxy) is 6. The zero-order chi connectivity index (χ0) is 37.8. The number of aliphatic hydroxyl groups excluding tert-OH is 9. The average molecular weight is 759 g/mol. The van der Waals surface area contributed by atoms with Gasteiger partial charge in [0.1, 0.15) is 48.8 Å². The van der Waals surface area contributed by atoms with Crippen molar-refractivity contribution in [2.75, 3.05) is 19.8 Å². The van der Waals surface area contributed by atoms with E-state index in [0.29, 0.717) is 31.1 Å². The molecular formula is C38H62O15. The minimum atomic E-state index is -1.76. The van der Waals surface area contributed by atoms with Gasteiger partial charge in [0.2, 0.25) is 0 Å². The van der Waals surface area contributed by atoms with Crippen molar-refractivity contribution in [2.45, 2.75) is 170 Å². The largest absolute Gasteiger partial charge is 0.394 e. The molecule has 15 nitrogen and oxygen atoms in total. The Labute approximate surface area is 310 Å². The third-order valence-electron chi connectivity index (χ3n) is 16.0. The van der Waals surface area contributed by atoms with Gasteiger partial charge in [-0.3, -0.25) is 0 Å². The lowest BCUT2D eigenvalue weighted by Gasteiger charge is -2.63. The maximum Gasteiger partial charge on any atom is 0.187 e. The van der Waals surface area contributed by atoms with Crippen LogP contribution in [0.4, 0.5) is 0 Å². The average Bonchev–Trinajstić information content (AvgIpc) is 3.58. The van der Waals surface area contributed by atoms with Crippen molar-refractivity contribution in [1.82, 2.24) is 0 Å². The molecule has 0 aromatic carbocycles. The summed E-state index contributed by atoms with van der Waals surface area (Å²) in [6.45, 7) is 6.17. The summed E-state index contributed by atoms with van der Waals surface area (Å²) in [5.41, 5.74) is -0.535. The molecule has 1 spiro atoms. The summed E-state index contributed by atoms with van der Waals surface area (Å²) in [6, 6.07) is 0. The van der Waals surface area contributed by atoms with Crippen LogP contribution in [0.25, 0.3) is 0 Å².